The van der Waals surface area contributed by atoms with Gasteiger partial charge in [0.25, 0.3) is 0 Å². The van der Waals surface area contributed by atoms with Crippen LogP contribution in [0.5, 0.6) is 0 Å². The highest BCUT2D eigenvalue weighted by Gasteiger charge is 2.51. The Morgan fingerprint density at radius 2 is 0.627 bits per heavy atom. The van der Waals surface area contributed by atoms with E-state index in [1.165, 1.54) is 360 Å². The maximum Gasteiger partial charge on any atom is 0.220 e. The van der Waals surface area contributed by atoms with E-state index in [-0.39, 0.29) is 18.9 Å². The van der Waals surface area contributed by atoms with Gasteiger partial charge >= 0.3 is 0 Å². The summed E-state index contributed by atoms with van der Waals surface area (Å²) in [4.78, 5) is 13.4. The summed E-state index contributed by atoms with van der Waals surface area (Å²) in [6.45, 7) is 2.86. The Labute approximate surface area is 627 Å². The summed E-state index contributed by atoms with van der Waals surface area (Å²) in [7, 11) is 0. The molecule has 2 fully saturated rings. The van der Waals surface area contributed by atoms with E-state index in [0.717, 1.165) is 32.1 Å². The molecule has 2 saturated heterocycles. The molecule has 0 aliphatic carbocycles. The van der Waals surface area contributed by atoms with Crippen LogP contribution in [0, 0.1) is 0 Å². The number of nitrogens with one attached hydrogen (secondary N) is 1. The number of ether oxygens (including phenoxy) is 4. The van der Waals surface area contributed by atoms with Crippen LogP contribution in [0.4, 0.5) is 0 Å². The smallest absolute Gasteiger partial charge is 0.220 e. The third kappa shape index (κ3) is 53.9. The first-order valence-corrected chi connectivity index (χ1v) is 44.2. The lowest BCUT2D eigenvalue weighted by Crippen LogP contribution is -2.65. The standard InChI is InChI=1S/C88H167NO13/c1-3-5-7-9-11-13-15-17-19-21-23-25-27-29-31-33-35-37-38-40-42-44-46-48-50-52-54-56-58-60-62-64-66-68-70-72-80(93)89-76(75-99-87-85(98)83(96)86(79(74-91)101-87)102-88-84(97)82(95)81(94)78(73-90)100-88)77(92)71-69-67-65-63-61-59-57-55-53-51-49-47-45-43-41-39-36-34-32-30-28-26-24-22-20-18-16-14-12-10-8-6-4-2/h21,23,61,63,69,71,76-79,81-88,90-92,94-98H,3-20,22,24-60,62,64-68,70,72-75H2,1-2H3,(H,89,93)/b23-21-,63-61+,71-69+. The molecule has 602 valence electrons. The van der Waals surface area contributed by atoms with Crippen LogP contribution in [0.1, 0.15) is 425 Å². The number of hydrogen-bond acceptors (Lipinski definition) is 13. The number of rotatable bonds is 76. The Hall–Kier alpha value is -1.79. The molecule has 0 spiro atoms. The average molecular weight is 1450 g/mol. The van der Waals surface area contributed by atoms with E-state index in [9.17, 15) is 45.6 Å². The minimum Gasteiger partial charge on any atom is -0.394 e. The van der Waals surface area contributed by atoms with Crippen molar-refractivity contribution in [1.82, 2.24) is 5.32 Å². The molecular formula is C88H167NO13. The lowest BCUT2D eigenvalue weighted by atomic mass is 9.97. The molecule has 0 bridgehead atoms. The molecule has 2 heterocycles. The molecule has 12 atom stereocenters. The van der Waals surface area contributed by atoms with Gasteiger partial charge in [0.2, 0.25) is 5.91 Å². The summed E-state index contributed by atoms with van der Waals surface area (Å²) in [5.74, 6) is -0.240. The first-order chi connectivity index (χ1) is 50.1. The lowest BCUT2D eigenvalue weighted by Gasteiger charge is -2.46. The van der Waals surface area contributed by atoms with E-state index < -0.39 is 86.8 Å². The van der Waals surface area contributed by atoms with Gasteiger partial charge in [-0.2, -0.15) is 0 Å². The van der Waals surface area contributed by atoms with Gasteiger partial charge in [0.1, 0.15) is 48.8 Å². The van der Waals surface area contributed by atoms with Crippen molar-refractivity contribution in [3.05, 3.63) is 36.5 Å². The Morgan fingerprint density at radius 1 is 0.343 bits per heavy atom. The summed E-state index contributed by atoms with van der Waals surface area (Å²) >= 11 is 0. The van der Waals surface area contributed by atoms with Gasteiger partial charge < -0.3 is 65.1 Å². The zero-order chi connectivity index (χ0) is 73.7. The van der Waals surface area contributed by atoms with Crippen molar-refractivity contribution in [2.75, 3.05) is 19.8 Å². The van der Waals surface area contributed by atoms with E-state index in [1.54, 1.807) is 6.08 Å². The maximum atomic E-state index is 13.4. The lowest BCUT2D eigenvalue weighted by molar-refractivity contribution is -0.359. The largest absolute Gasteiger partial charge is 0.394 e. The van der Waals surface area contributed by atoms with E-state index in [2.05, 4.69) is 43.5 Å². The molecule has 12 unspecified atom stereocenters. The fourth-order valence-corrected chi connectivity index (χ4v) is 14.8. The molecule has 102 heavy (non-hydrogen) atoms. The van der Waals surface area contributed by atoms with Crippen molar-refractivity contribution in [1.29, 1.82) is 0 Å². The highest BCUT2D eigenvalue weighted by Crippen LogP contribution is 2.31. The first kappa shape index (κ1) is 96.3. The van der Waals surface area contributed by atoms with Crippen molar-refractivity contribution in [2.45, 2.75) is 498 Å². The summed E-state index contributed by atoms with van der Waals surface area (Å²) < 4.78 is 22.9. The third-order valence-corrected chi connectivity index (χ3v) is 21.8. The molecular weight excluding hydrogens is 1280 g/mol. The summed E-state index contributed by atoms with van der Waals surface area (Å²) in [5.41, 5.74) is 0. The highest BCUT2D eigenvalue weighted by molar-refractivity contribution is 5.76. The predicted molar refractivity (Wildman–Crippen MR) is 425 cm³/mol. The third-order valence-electron chi connectivity index (χ3n) is 21.8. The molecule has 2 aliphatic heterocycles. The minimum atomic E-state index is -1.79. The number of aliphatic hydroxyl groups is 8. The Kier molecular flexibility index (Phi) is 68.1. The van der Waals surface area contributed by atoms with E-state index in [1.807, 2.05) is 6.08 Å². The molecule has 9 N–H and O–H groups in total. The zero-order valence-corrected chi connectivity index (χ0v) is 66.4. The van der Waals surface area contributed by atoms with E-state index in [4.69, 9.17) is 18.9 Å². The van der Waals surface area contributed by atoms with Crippen LogP contribution in [-0.2, 0) is 23.7 Å². The van der Waals surface area contributed by atoms with Gasteiger partial charge in [0.15, 0.2) is 12.6 Å². The summed E-state index contributed by atoms with van der Waals surface area (Å²) in [6, 6.07) is -0.932. The Morgan fingerprint density at radius 3 is 0.961 bits per heavy atom. The predicted octanol–water partition coefficient (Wildman–Crippen LogP) is 21.1. The fourth-order valence-electron chi connectivity index (χ4n) is 14.8. The monoisotopic (exact) mass is 1450 g/mol. The number of unbranched alkanes of at least 4 members (excludes halogenated alkanes) is 59. The molecule has 1 amide bonds. The Balaban J connectivity index is 1.58. The van der Waals surface area contributed by atoms with Crippen LogP contribution in [0.2, 0.25) is 0 Å². The molecule has 0 aromatic heterocycles. The zero-order valence-electron chi connectivity index (χ0n) is 66.4. The molecule has 0 saturated carbocycles. The van der Waals surface area contributed by atoms with Crippen molar-refractivity contribution in [3.63, 3.8) is 0 Å². The quantitative estimate of drug-likeness (QED) is 0.0204. The van der Waals surface area contributed by atoms with Gasteiger partial charge in [-0.15, -0.1) is 0 Å². The number of carbonyl (C=O) groups excluding carboxylic acids is 1. The van der Waals surface area contributed by atoms with Gasteiger partial charge in [-0.05, 0) is 57.8 Å². The average Bonchev–Trinajstić information content (AvgIpc) is 0.790. The fraction of sp³-hybridized carbons (Fsp3) is 0.920. The first-order valence-electron chi connectivity index (χ1n) is 44.2. The van der Waals surface area contributed by atoms with Crippen LogP contribution >= 0.6 is 0 Å². The molecule has 2 aliphatic rings. The summed E-state index contributed by atoms with van der Waals surface area (Å²) in [5, 5.41) is 87.8. The number of amides is 1. The highest BCUT2D eigenvalue weighted by atomic mass is 16.7. The van der Waals surface area contributed by atoms with E-state index in [0.29, 0.717) is 12.8 Å². The van der Waals surface area contributed by atoms with Crippen molar-refractivity contribution >= 4 is 5.91 Å². The molecule has 0 aromatic carbocycles. The van der Waals surface area contributed by atoms with Crippen molar-refractivity contribution < 1.29 is 64.6 Å². The van der Waals surface area contributed by atoms with Gasteiger partial charge in [-0.25, -0.2) is 0 Å². The van der Waals surface area contributed by atoms with Crippen LogP contribution in [-0.4, -0.2) is 140 Å². The van der Waals surface area contributed by atoms with Crippen LogP contribution in [0.3, 0.4) is 0 Å². The van der Waals surface area contributed by atoms with Crippen molar-refractivity contribution in [3.8, 4) is 0 Å². The second-order valence-electron chi connectivity index (χ2n) is 31.4. The van der Waals surface area contributed by atoms with Crippen LogP contribution < -0.4 is 5.32 Å². The number of hydrogen-bond donors (Lipinski definition) is 9. The normalized spacial score (nSPS) is 21.7. The molecule has 14 heteroatoms. The maximum absolute atomic E-state index is 13.4. The van der Waals surface area contributed by atoms with E-state index >= 15 is 0 Å². The number of allylic oxidation sites excluding steroid dienone is 5. The molecule has 0 aromatic rings. The van der Waals surface area contributed by atoms with Gasteiger partial charge in [-0.1, -0.05) is 397 Å². The SMILES string of the molecule is CCCCCCCCCC/C=C\CCCCCCCCCCCCCCCCCCCCCCCCCC(=O)NC(COC1OC(CO)C(OC2OC(CO)C(O)C(O)C2O)C(O)C1O)C(O)/C=C/CC/C=C/CCCCCCCCCCCCCCCCCCCCCCCCCCCCC. The number of carbonyl (C=O) groups is 1. The second-order valence-corrected chi connectivity index (χ2v) is 31.4. The number of aliphatic hydroxyl groups excluding tert-OH is 8. The topological polar surface area (TPSA) is 228 Å². The van der Waals surface area contributed by atoms with Crippen LogP contribution in [0.15, 0.2) is 36.5 Å². The van der Waals surface area contributed by atoms with Gasteiger partial charge in [-0.3, -0.25) is 4.79 Å². The molecule has 0 radical (unpaired) electrons. The summed E-state index contributed by atoms with van der Waals surface area (Å²) in [6.07, 6.45) is 79.8. The second kappa shape index (κ2) is 72.1. The van der Waals surface area contributed by atoms with Crippen molar-refractivity contribution in [2.24, 2.45) is 0 Å². The minimum absolute atomic E-state index is 0.240. The van der Waals surface area contributed by atoms with Crippen LogP contribution in [0.25, 0.3) is 0 Å². The Bertz CT molecular complexity index is 1850. The van der Waals surface area contributed by atoms with Gasteiger partial charge in [0, 0.05) is 6.42 Å². The van der Waals surface area contributed by atoms with Gasteiger partial charge in [0.05, 0.1) is 32.0 Å². The molecule has 14 nitrogen and oxygen atoms in total. The molecule has 2 rings (SSSR count).